The quantitative estimate of drug-likeness (QED) is 0.891. The molecular weight excluding hydrogens is 264 g/mol. The van der Waals surface area contributed by atoms with E-state index in [0.717, 1.165) is 23.6 Å². The van der Waals surface area contributed by atoms with Crippen LogP contribution in [0.4, 0.5) is 5.69 Å². The third-order valence-electron chi connectivity index (χ3n) is 3.34. The number of hydrogen-bond donors (Lipinski definition) is 1. The highest BCUT2D eigenvalue weighted by atomic mass is 79.9. The second-order valence-electron chi connectivity index (χ2n) is 4.50. The van der Waals surface area contributed by atoms with Crippen molar-refractivity contribution in [2.24, 2.45) is 0 Å². The monoisotopic (exact) mass is 282 g/mol. The maximum absolute atomic E-state index is 3.44. The van der Waals surface area contributed by atoms with Gasteiger partial charge in [0.05, 0.1) is 0 Å². The number of halogens is 1. The normalized spacial score (nSPS) is 16.2. The van der Waals surface area contributed by atoms with E-state index in [0.29, 0.717) is 0 Å². The molecule has 1 saturated carbocycles. The van der Waals surface area contributed by atoms with Gasteiger partial charge in [0.25, 0.3) is 0 Å². The molecule has 0 aliphatic heterocycles. The van der Waals surface area contributed by atoms with E-state index in [2.05, 4.69) is 57.5 Å². The molecule has 1 aromatic carbocycles. The summed E-state index contributed by atoms with van der Waals surface area (Å²) in [6.07, 6.45) is 4.18. The van der Waals surface area contributed by atoms with E-state index in [1.165, 1.54) is 24.9 Å². The second-order valence-corrected chi connectivity index (χ2v) is 5.41. The zero-order chi connectivity index (χ0) is 11.4. The van der Waals surface area contributed by atoms with Crippen LogP contribution in [0.15, 0.2) is 28.7 Å². The fraction of sp³-hybridized carbons (Fsp3) is 0.538. The molecule has 0 bridgehead atoms. The zero-order valence-corrected chi connectivity index (χ0v) is 11.3. The first-order valence-electron chi connectivity index (χ1n) is 5.95. The topological polar surface area (TPSA) is 15.3 Å². The van der Waals surface area contributed by atoms with Crippen LogP contribution in [-0.2, 0) is 0 Å². The molecule has 0 radical (unpaired) electrons. The van der Waals surface area contributed by atoms with Gasteiger partial charge in [-0.05, 0) is 44.2 Å². The Hall–Kier alpha value is -0.540. The van der Waals surface area contributed by atoms with Crippen LogP contribution in [0.5, 0.6) is 0 Å². The van der Waals surface area contributed by atoms with Gasteiger partial charge in [-0.25, -0.2) is 0 Å². The van der Waals surface area contributed by atoms with Crippen molar-refractivity contribution in [1.29, 1.82) is 0 Å². The summed E-state index contributed by atoms with van der Waals surface area (Å²) >= 11 is 3.44. The molecule has 0 saturated heterocycles. The molecule has 0 aromatic heterocycles. The predicted molar refractivity (Wildman–Crippen MR) is 72.9 cm³/mol. The smallest absolute Gasteiger partial charge is 0.0341 e. The zero-order valence-electron chi connectivity index (χ0n) is 9.75. The lowest BCUT2D eigenvalue weighted by atomic mass is 9.92. The molecule has 3 heteroatoms. The fourth-order valence-corrected chi connectivity index (χ4v) is 2.22. The molecule has 0 atom stereocenters. The number of nitrogens with one attached hydrogen (secondary N) is 1. The third-order valence-corrected chi connectivity index (χ3v) is 3.86. The Morgan fingerprint density at radius 1 is 1.31 bits per heavy atom. The molecule has 1 aromatic rings. The lowest BCUT2D eigenvalue weighted by Gasteiger charge is -2.34. The van der Waals surface area contributed by atoms with E-state index in [4.69, 9.17) is 0 Å². The highest BCUT2D eigenvalue weighted by Gasteiger charge is 2.20. The Labute approximate surface area is 106 Å². The van der Waals surface area contributed by atoms with E-state index in [9.17, 15) is 0 Å². The molecular formula is C13H19BrN2. The van der Waals surface area contributed by atoms with Crippen LogP contribution in [0.2, 0.25) is 0 Å². The molecule has 88 valence electrons. The minimum absolute atomic E-state index is 0.840. The minimum Gasteiger partial charge on any atom is -0.384 e. The highest BCUT2D eigenvalue weighted by Crippen LogP contribution is 2.23. The van der Waals surface area contributed by atoms with Crippen molar-refractivity contribution in [3.8, 4) is 0 Å². The van der Waals surface area contributed by atoms with Crippen molar-refractivity contribution in [3.05, 3.63) is 28.7 Å². The van der Waals surface area contributed by atoms with Gasteiger partial charge < -0.3 is 10.2 Å². The van der Waals surface area contributed by atoms with Crippen LogP contribution >= 0.6 is 15.9 Å². The van der Waals surface area contributed by atoms with Crippen LogP contribution in [0.25, 0.3) is 0 Å². The number of hydrogen-bond acceptors (Lipinski definition) is 2. The second kappa shape index (κ2) is 5.69. The van der Waals surface area contributed by atoms with Gasteiger partial charge >= 0.3 is 0 Å². The van der Waals surface area contributed by atoms with Crippen molar-refractivity contribution >= 4 is 21.6 Å². The van der Waals surface area contributed by atoms with Gasteiger partial charge in [0, 0.05) is 29.3 Å². The Morgan fingerprint density at radius 3 is 2.56 bits per heavy atom. The molecule has 1 N–H and O–H groups in total. The van der Waals surface area contributed by atoms with Crippen molar-refractivity contribution in [2.75, 3.05) is 25.5 Å². The minimum atomic E-state index is 0.840. The number of benzene rings is 1. The largest absolute Gasteiger partial charge is 0.384 e. The van der Waals surface area contributed by atoms with Crippen molar-refractivity contribution < 1.29 is 0 Å². The standard InChI is InChI=1S/C13H19BrN2/c1-16(13-3-2-4-13)10-9-15-12-7-5-11(14)6-8-12/h5-8,13,15H,2-4,9-10H2,1H3. The molecule has 0 spiro atoms. The Kier molecular flexibility index (Phi) is 4.24. The molecule has 0 unspecified atom stereocenters. The lowest BCUT2D eigenvalue weighted by Crippen LogP contribution is -2.39. The van der Waals surface area contributed by atoms with Crippen LogP contribution in [-0.4, -0.2) is 31.1 Å². The van der Waals surface area contributed by atoms with Crippen LogP contribution in [0.3, 0.4) is 0 Å². The molecule has 1 fully saturated rings. The van der Waals surface area contributed by atoms with E-state index < -0.39 is 0 Å². The Morgan fingerprint density at radius 2 is 2.00 bits per heavy atom. The van der Waals surface area contributed by atoms with Gasteiger partial charge in [-0.2, -0.15) is 0 Å². The van der Waals surface area contributed by atoms with E-state index in [-0.39, 0.29) is 0 Å². The molecule has 0 amide bonds. The van der Waals surface area contributed by atoms with E-state index in [1.807, 2.05) is 0 Å². The Bertz CT molecular complexity index is 319. The average molecular weight is 283 g/mol. The number of likely N-dealkylation sites (N-methyl/N-ethyl adjacent to an activating group) is 1. The SMILES string of the molecule is CN(CCNc1ccc(Br)cc1)C1CCC1. The van der Waals surface area contributed by atoms with Crippen LogP contribution < -0.4 is 5.32 Å². The predicted octanol–water partition coefficient (Wildman–Crippen LogP) is 3.35. The van der Waals surface area contributed by atoms with Crippen molar-refractivity contribution in [3.63, 3.8) is 0 Å². The maximum atomic E-state index is 3.44. The molecule has 1 aliphatic carbocycles. The summed E-state index contributed by atoms with van der Waals surface area (Å²) in [4.78, 5) is 2.47. The Balaban J connectivity index is 1.69. The summed E-state index contributed by atoms with van der Waals surface area (Å²) in [5.74, 6) is 0. The summed E-state index contributed by atoms with van der Waals surface area (Å²) in [5.41, 5.74) is 1.20. The highest BCUT2D eigenvalue weighted by molar-refractivity contribution is 9.10. The first-order chi connectivity index (χ1) is 7.75. The van der Waals surface area contributed by atoms with Gasteiger partial charge in [0.2, 0.25) is 0 Å². The summed E-state index contributed by atoms with van der Waals surface area (Å²) in [6, 6.07) is 9.18. The first-order valence-corrected chi connectivity index (χ1v) is 6.75. The first kappa shape index (κ1) is 11.9. The summed E-state index contributed by atoms with van der Waals surface area (Å²) in [7, 11) is 2.23. The van der Waals surface area contributed by atoms with Gasteiger partial charge in [-0.3, -0.25) is 0 Å². The third kappa shape index (κ3) is 3.22. The molecule has 2 rings (SSSR count). The summed E-state index contributed by atoms with van der Waals surface area (Å²) in [6.45, 7) is 2.15. The van der Waals surface area contributed by atoms with Gasteiger partial charge in [-0.15, -0.1) is 0 Å². The molecule has 1 aliphatic rings. The van der Waals surface area contributed by atoms with Crippen molar-refractivity contribution in [1.82, 2.24) is 4.90 Å². The fourth-order valence-electron chi connectivity index (χ4n) is 1.95. The number of anilines is 1. The average Bonchev–Trinajstić information content (AvgIpc) is 2.18. The summed E-state index contributed by atoms with van der Waals surface area (Å²) in [5, 5.41) is 3.44. The van der Waals surface area contributed by atoms with Gasteiger partial charge in [0.1, 0.15) is 0 Å². The summed E-state index contributed by atoms with van der Waals surface area (Å²) < 4.78 is 1.13. The van der Waals surface area contributed by atoms with E-state index >= 15 is 0 Å². The van der Waals surface area contributed by atoms with Crippen LogP contribution in [0, 0.1) is 0 Å². The molecule has 16 heavy (non-hydrogen) atoms. The number of rotatable bonds is 5. The number of nitrogens with zero attached hydrogens (tertiary/aromatic N) is 1. The lowest BCUT2D eigenvalue weighted by molar-refractivity contribution is 0.165. The van der Waals surface area contributed by atoms with Crippen LogP contribution in [0.1, 0.15) is 19.3 Å². The maximum Gasteiger partial charge on any atom is 0.0341 e. The van der Waals surface area contributed by atoms with Crippen molar-refractivity contribution in [2.45, 2.75) is 25.3 Å². The molecule has 0 heterocycles. The van der Waals surface area contributed by atoms with E-state index in [1.54, 1.807) is 0 Å². The molecule has 2 nitrogen and oxygen atoms in total. The van der Waals surface area contributed by atoms with Gasteiger partial charge in [0.15, 0.2) is 0 Å². The van der Waals surface area contributed by atoms with Gasteiger partial charge in [-0.1, -0.05) is 22.4 Å².